The van der Waals surface area contributed by atoms with Crippen molar-refractivity contribution >= 4 is 31.9 Å². The van der Waals surface area contributed by atoms with Crippen molar-refractivity contribution in [3.63, 3.8) is 0 Å². The molecule has 0 aliphatic rings. The third kappa shape index (κ3) is 3.87. The summed E-state index contributed by atoms with van der Waals surface area (Å²) in [6.45, 7) is 2.00. The van der Waals surface area contributed by atoms with Gasteiger partial charge in [0.1, 0.15) is 5.75 Å². The van der Waals surface area contributed by atoms with E-state index in [1.54, 1.807) is 7.11 Å². The molecule has 0 saturated heterocycles. The molecule has 1 atom stereocenters. The second-order valence-electron chi connectivity index (χ2n) is 5.04. The van der Waals surface area contributed by atoms with Crippen molar-refractivity contribution in [1.29, 1.82) is 0 Å². The summed E-state index contributed by atoms with van der Waals surface area (Å²) in [4.78, 5) is 0. The lowest BCUT2D eigenvalue weighted by Gasteiger charge is -2.28. The topological polar surface area (TPSA) is 29.5 Å². The van der Waals surface area contributed by atoms with Crippen LogP contribution in [0, 0.1) is 0 Å². The smallest absolute Gasteiger partial charge is 0.133 e. The van der Waals surface area contributed by atoms with Crippen LogP contribution in [0.5, 0.6) is 5.75 Å². The molecule has 0 aliphatic carbocycles. The molecule has 0 bridgehead atoms. The lowest BCUT2D eigenvalue weighted by molar-refractivity contribution is 0.0326. The minimum atomic E-state index is -0.877. The van der Waals surface area contributed by atoms with Gasteiger partial charge in [0.15, 0.2) is 0 Å². The van der Waals surface area contributed by atoms with E-state index in [0.717, 1.165) is 25.8 Å². The average molecular weight is 414 g/mol. The van der Waals surface area contributed by atoms with E-state index in [2.05, 4.69) is 31.9 Å². The Morgan fingerprint density at radius 2 is 1.90 bits per heavy atom. The Bertz CT molecular complexity index is 628. The summed E-state index contributed by atoms with van der Waals surface area (Å²) in [5.74, 6) is 0.793. The Hall–Kier alpha value is -0.840. The lowest BCUT2D eigenvalue weighted by atomic mass is 9.85. The van der Waals surface area contributed by atoms with E-state index < -0.39 is 5.60 Å². The van der Waals surface area contributed by atoms with Gasteiger partial charge in [-0.3, -0.25) is 0 Å². The molecular formula is C17H18Br2O2. The summed E-state index contributed by atoms with van der Waals surface area (Å²) in [5, 5.41) is 11.0. The molecule has 2 aromatic rings. The number of rotatable bonds is 5. The van der Waals surface area contributed by atoms with E-state index in [4.69, 9.17) is 4.74 Å². The molecule has 0 aromatic heterocycles. The summed E-state index contributed by atoms with van der Waals surface area (Å²) in [7, 11) is 1.64. The standard InChI is InChI=1S/C17H18Br2O2/c1-3-17(20,13-5-4-6-14(18)10-13)11-12-7-8-16(21-2)15(19)9-12/h4-10,20H,3,11H2,1-2H3. The molecule has 2 nitrogen and oxygen atoms in total. The highest BCUT2D eigenvalue weighted by Crippen LogP contribution is 2.33. The largest absolute Gasteiger partial charge is 0.496 e. The van der Waals surface area contributed by atoms with Crippen molar-refractivity contribution in [3.8, 4) is 5.75 Å². The van der Waals surface area contributed by atoms with E-state index >= 15 is 0 Å². The molecular weight excluding hydrogens is 396 g/mol. The van der Waals surface area contributed by atoms with Gasteiger partial charge in [0.05, 0.1) is 17.2 Å². The predicted molar refractivity (Wildman–Crippen MR) is 92.7 cm³/mol. The zero-order chi connectivity index (χ0) is 15.5. The van der Waals surface area contributed by atoms with Crippen LogP contribution in [0.1, 0.15) is 24.5 Å². The van der Waals surface area contributed by atoms with Crippen LogP contribution in [0.25, 0.3) is 0 Å². The first-order valence-electron chi connectivity index (χ1n) is 6.79. The number of aliphatic hydroxyl groups is 1. The predicted octanol–water partition coefficient (Wildman–Crippen LogP) is 5.06. The van der Waals surface area contributed by atoms with E-state index in [9.17, 15) is 5.11 Å². The van der Waals surface area contributed by atoms with Gasteiger partial charge >= 0.3 is 0 Å². The number of methoxy groups -OCH3 is 1. The zero-order valence-corrected chi connectivity index (χ0v) is 15.2. The van der Waals surface area contributed by atoms with Crippen LogP contribution in [0.2, 0.25) is 0 Å². The fourth-order valence-corrected chi connectivity index (χ4v) is 3.35. The van der Waals surface area contributed by atoms with Gasteiger partial charge in [-0.1, -0.05) is 41.1 Å². The molecule has 0 fully saturated rings. The maximum atomic E-state index is 11.0. The average Bonchev–Trinajstić information content (AvgIpc) is 2.47. The van der Waals surface area contributed by atoms with Crippen molar-refractivity contribution in [3.05, 3.63) is 62.5 Å². The maximum Gasteiger partial charge on any atom is 0.133 e. The number of hydrogen-bond donors (Lipinski definition) is 1. The summed E-state index contributed by atoms with van der Waals surface area (Å²) < 4.78 is 7.11. The fourth-order valence-electron chi connectivity index (χ4n) is 2.37. The molecule has 0 saturated carbocycles. The van der Waals surface area contributed by atoms with Crippen LogP contribution in [0.4, 0.5) is 0 Å². The van der Waals surface area contributed by atoms with Gasteiger partial charge in [-0.15, -0.1) is 0 Å². The SMILES string of the molecule is CCC(O)(Cc1ccc(OC)c(Br)c1)c1cccc(Br)c1. The Kier molecular flexibility index (Phi) is 5.47. The van der Waals surface area contributed by atoms with Gasteiger partial charge < -0.3 is 9.84 Å². The molecule has 2 rings (SSSR count). The highest BCUT2D eigenvalue weighted by molar-refractivity contribution is 9.10. The zero-order valence-electron chi connectivity index (χ0n) is 12.1. The molecule has 0 aliphatic heterocycles. The van der Waals surface area contributed by atoms with E-state index in [1.165, 1.54) is 0 Å². The minimum absolute atomic E-state index is 0.558. The summed E-state index contributed by atoms with van der Waals surface area (Å²) >= 11 is 6.96. The molecule has 2 aromatic carbocycles. The molecule has 112 valence electrons. The monoisotopic (exact) mass is 412 g/mol. The molecule has 1 unspecified atom stereocenters. The van der Waals surface area contributed by atoms with Gasteiger partial charge in [0.25, 0.3) is 0 Å². The van der Waals surface area contributed by atoms with Gasteiger partial charge in [-0.2, -0.15) is 0 Å². The van der Waals surface area contributed by atoms with Crippen LogP contribution >= 0.6 is 31.9 Å². The third-order valence-electron chi connectivity index (χ3n) is 3.66. The molecule has 1 N–H and O–H groups in total. The van der Waals surface area contributed by atoms with Crippen LogP contribution in [0.3, 0.4) is 0 Å². The number of halogens is 2. The van der Waals surface area contributed by atoms with Crippen LogP contribution in [0.15, 0.2) is 51.4 Å². The van der Waals surface area contributed by atoms with Crippen LogP contribution in [-0.2, 0) is 12.0 Å². The normalized spacial score (nSPS) is 13.8. The first kappa shape index (κ1) is 16.5. The molecule has 4 heteroatoms. The van der Waals surface area contributed by atoms with Crippen molar-refractivity contribution in [1.82, 2.24) is 0 Å². The first-order valence-corrected chi connectivity index (χ1v) is 8.38. The second-order valence-corrected chi connectivity index (χ2v) is 6.81. The first-order chi connectivity index (χ1) is 9.98. The van der Waals surface area contributed by atoms with E-state index in [-0.39, 0.29) is 0 Å². The van der Waals surface area contributed by atoms with Crippen molar-refractivity contribution in [2.75, 3.05) is 7.11 Å². The molecule has 0 heterocycles. The molecule has 21 heavy (non-hydrogen) atoms. The molecule has 0 radical (unpaired) electrons. The second kappa shape index (κ2) is 6.95. The van der Waals surface area contributed by atoms with Crippen molar-refractivity contribution in [2.45, 2.75) is 25.4 Å². The minimum Gasteiger partial charge on any atom is -0.496 e. The van der Waals surface area contributed by atoms with Crippen molar-refractivity contribution < 1.29 is 9.84 Å². The fraction of sp³-hybridized carbons (Fsp3) is 0.294. The van der Waals surface area contributed by atoms with Gasteiger partial charge in [-0.25, -0.2) is 0 Å². The van der Waals surface area contributed by atoms with E-state index in [1.807, 2.05) is 49.4 Å². The van der Waals surface area contributed by atoms with Crippen LogP contribution < -0.4 is 4.74 Å². The van der Waals surface area contributed by atoms with Crippen molar-refractivity contribution in [2.24, 2.45) is 0 Å². The van der Waals surface area contributed by atoms with E-state index in [0.29, 0.717) is 12.8 Å². The Balaban J connectivity index is 2.32. The summed E-state index contributed by atoms with van der Waals surface area (Å²) in [6.07, 6.45) is 1.20. The van der Waals surface area contributed by atoms with Gasteiger partial charge in [0, 0.05) is 10.9 Å². The maximum absolute atomic E-state index is 11.0. The molecule has 0 spiro atoms. The Morgan fingerprint density at radius 3 is 2.48 bits per heavy atom. The van der Waals surface area contributed by atoms with Gasteiger partial charge in [0.2, 0.25) is 0 Å². The third-order valence-corrected chi connectivity index (χ3v) is 4.77. The quantitative estimate of drug-likeness (QED) is 0.742. The Morgan fingerprint density at radius 1 is 1.14 bits per heavy atom. The number of ether oxygens (including phenoxy) is 1. The van der Waals surface area contributed by atoms with Crippen LogP contribution in [-0.4, -0.2) is 12.2 Å². The number of hydrogen-bond acceptors (Lipinski definition) is 2. The molecule has 0 amide bonds. The number of benzene rings is 2. The summed E-state index contributed by atoms with van der Waals surface area (Å²) in [5.41, 5.74) is 1.11. The highest BCUT2D eigenvalue weighted by atomic mass is 79.9. The highest BCUT2D eigenvalue weighted by Gasteiger charge is 2.28. The summed E-state index contributed by atoms with van der Waals surface area (Å²) in [6, 6.07) is 13.7. The Labute approximate surface area is 142 Å². The van der Waals surface area contributed by atoms with Gasteiger partial charge in [-0.05, 0) is 57.7 Å². The lowest BCUT2D eigenvalue weighted by Crippen LogP contribution is -2.27.